The Bertz CT molecular complexity index is 743. The standard InChI is InChI=1S/C15H13ClN4O/c16-13-5-2-6-14(15(13)20-10-17-9-19-20)18-8-11-3-1-4-12(21)7-11/h1-7,9-10,18,21H,8H2. The van der Waals surface area contributed by atoms with Gasteiger partial charge in [-0.25, -0.2) is 9.67 Å². The van der Waals surface area contributed by atoms with Crippen LogP contribution in [-0.4, -0.2) is 19.9 Å². The molecule has 0 atom stereocenters. The number of para-hydroxylation sites is 1. The zero-order valence-electron chi connectivity index (χ0n) is 11.1. The van der Waals surface area contributed by atoms with E-state index in [1.165, 1.54) is 6.33 Å². The molecule has 0 saturated heterocycles. The van der Waals surface area contributed by atoms with Crippen molar-refractivity contribution in [3.8, 4) is 11.4 Å². The normalized spacial score (nSPS) is 10.5. The third-order valence-electron chi connectivity index (χ3n) is 3.03. The molecular formula is C15H13ClN4O. The fourth-order valence-corrected chi connectivity index (χ4v) is 2.34. The Labute approximate surface area is 126 Å². The minimum atomic E-state index is 0.247. The van der Waals surface area contributed by atoms with E-state index in [0.29, 0.717) is 11.6 Å². The van der Waals surface area contributed by atoms with Crippen molar-refractivity contribution < 1.29 is 5.11 Å². The van der Waals surface area contributed by atoms with Crippen molar-refractivity contribution in [2.45, 2.75) is 6.54 Å². The largest absolute Gasteiger partial charge is 0.508 e. The number of rotatable bonds is 4. The molecule has 21 heavy (non-hydrogen) atoms. The predicted molar refractivity (Wildman–Crippen MR) is 81.8 cm³/mol. The molecule has 0 aliphatic rings. The number of anilines is 1. The van der Waals surface area contributed by atoms with Gasteiger partial charge in [-0.05, 0) is 29.8 Å². The first-order chi connectivity index (χ1) is 10.2. The summed E-state index contributed by atoms with van der Waals surface area (Å²) in [6.45, 7) is 0.566. The summed E-state index contributed by atoms with van der Waals surface area (Å²) < 4.78 is 1.62. The molecule has 6 heteroatoms. The molecule has 2 N–H and O–H groups in total. The van der Waals surface area contributed by atoms with E-state index in [-0.39, 0.29) is 5.75 Å². The van der Waals surface area contributed by atoms with E-state index in [9.17, 15) is 5.11 Å². The number of phenolic OH excluding ortho intramolecular Hbond substituents is 1. The minimum Gasteiger partial charge on any atom is -0.508 e. The Morgan fingerprint density at radius 3 is 2.81 bits per heavy atom. The number of halogens is 1. The summed E-state index contributed by atoms with van der Waals surface area (Å²) in [4.78, 5) is 3.94. The topological polar surface area (TPSA) is 63.0 Å². The van der Waals surface area contributed by atoms with E-state index < -0.39 is 0 Å². The van der Waals surface area contributed by atoms with E-state index in [2.05, 4.69) is 15.4 Å². The van der Waals surface area contributed by atoms with Crippen LogP contribution in [0, 0.1) is 0 Å². The highest BCUT2D eigenvalue weighted by atomic mass is 35.5. The number of nitrogens with zero attached hydrogens (tertiary/aromatic N) is 3. The molecule has 0 bridgehead atoms. The second-order valence-corrected chi connectivity index (χ2v) is 4.91. The fraction of sp³-hybridized carbons (Fsp3) is 0.0667. The van der Waals surface area contributed by atoms with E-state index in [0.717, 1.165) is 16.9 Å². The molecule has 0 radical (unpaired) electrons. The van der Waals surface area contributed by atoms with Crippen molar-refractivity contribution in [1.29, 1.82) is 0 Å². The second kappa shape index (κ2) is 5.85. The van der Waals surface area contributed by atoms with Crippen LogP contribution in [0.2, 0.25) is 5.02 Å². The van der Waals surface area contributed by atoms with Gasteiger partial charge in [-0.1, -0.05) is 29.8 Å². The predicted octanol–water partition coefficient (Wildman–Crippen LogP) is 3.24. The number of hydrogen-bond donors (Lipinski definition) is 2. The third kappa shape index (κ3) is 2.98. The minimum absolute atomic E-state index is 0.247. The highest BCUT2D eigenvalue weighted by Gasteiger charge is 2.09. The summed E-state index contributed by atoms with van der Waals surface area (Å²) in [5.41, 5.74) is 2.56. The molecule has 106 valence electrons. The molecule has 0 aliphatic heterocycles. The first-order valence-electron chi connectivity index (χ1n) is 6.39. The Kier molecular flexibility index (Phi) is 3.75. The lowest BCUT2D eigenvalue weighted by Gasteiger charge is -2.13. The number of phenols is 1. The average Bonchev–Trinajstić information content (AvgIpc) is 2.99. The maximum atomic E-state index is 9.49. The van der Waals surface area contributed by atoms with Gasteiger partial charge in [0.1, 0.15) is 24.1 Å². The molecule has 2 aromatic carbocycles. The molecule has 1 heterocycles. The molecule has 0 amide bonds. The highest BCUT2D eigenvalue weighted by Crippen LogP contribution is 2.28. The van der Waals surface area contributed by atoms with Gasteiger partial charge in [0.05, 0.1) is 10.7 Å². The number of nitrogens with one attached hydrogen (secondary N) is 1. The van der Waals surface area contributed by atoms with Crippen molar-refractivity contribution >= 4 is 17.3 Å². The lowest BCUT2D eigenvalue weighted by atomic mass is 10.2. The van der Waals surface area contributed by atoms with Crippen LogP contribution in [0.5, 0.6) is 5.75 Å². The summed E-state index contributed by atoms with van der Waals surface area (Å²) in [5.74, 6) is 0.247. The van der Waals surface area contributed by atoms with Crippen LogP contribution in [0.15, 0.2) is 55.1 Å². The van der Waals surface area contributed by atoms with Crippen LogP contribution in [0.25, 0.3) is 5.69 Å². The van der Waals surface area contributed by atoms with Crippen LogP contribution >= 0.6 is 11.6 Å². The number of benzene rings is 2. The molecule has 3 rings (SSSR count). The number of aromatic nitrogens is 3. The number of hydrogen-bond acceptors (Lipinski definition) is 4. The third-order valence-corrected chi connectivity index (χ3v) is 3.33. The lowest BCUT2D eigenvalue weighted by molar-refractivity contribution is 0.474. The van der Waals surface area contributed by atoms with Crippen molar-refractivity contribution in [3.05, 3.63) is 65.7 Å². The molecule has 5 nitrogen and oxygen atoms in total. The van der Waals surface area contributed by atoms with Crippen LogP contribution in [0.1, 0.15) is 5.56 Å². The molecule has 0 unspecified atom stereocenters. The van der Waals surface area contributed by atoms with E-state index >= 15 is 0 Å². The molecule has 3 aromatic rings. The van der Waals surface area contributed by atoms with Crippen molar-refractivity contribution in [3.63, 3.8) is 0 Å². The smallest absolute Gasteiger partial charge is 0.138 e. The van der Waals surface area contributed by atoms with Gasteiger partial charge in [0.25, 0.3) is 0 Å². The molecule has 0 aliphatic carbocycles. The number of aromatic hydroxyl groups is 1. The van der Waals surface area contributed by atoms with Crippen molar-refractivity contribution in [1.82, 2.24) is 14.8 Å². The maximum absolute atomic E-state index is 9.49. The summed E-state index contributed by atoms with van der Waals surface area (Å²) in [7, 11) is 0. The van der Waals surface area contributed by atoms with Gasteiger partial charge in [-0.3, -0.25) is 0 Å². The van der Waals surface area contributed by atoms with Crippen LogP contribution < -0.4 is 5.32 Å². The summed E-state index contributed by atoms with van der Waals surface area (Å²) in [6.07, 6.45) is 3.06. The van der Waals surface area contributed by atoms with Crippen LogP contribution in [0.4, 0.5) is 5.69 Å². The SMILES string of the molecule is Oc1cccc(CNc2cccc(Cl)c2-n2cncn2)c1. The molecular weight excluding hydrogens is 288 g/mol. The Morgan fingerprint density at radius 1 is 1.19 bits per heavy atom. The Hall–Kier alpha value is -2.53. The van der Waals surface area contributed by atoms with Gasteiger partial charge < -0.3 is 10.4 Å². The maximum Gasteiger partial charge on any atom is 0.138 e. The molecule has 1 aromatic heterocycles. The van der Waals surface area contributed by atoms with Gasteiger partial charge in [-0.2, -0.15) is 5.10 Å². The average molecular weight is 301 g/mol. The van der Waals surface area contributed by atoms with Crippen molar-refractivity contribution in [2.24, 2.45) is 0 Å². The van der Waals surface area contributed by atoms with Gasteiger partial charge in [-0.15, -0.1) is 0 Å². The van der Waals surface area contributed by atoms with Crippen molar-refractivity contribution in [2.75, 3.05) is 5.32 Å². The summed E-state index contributed by atoms with van der Waals surface area (Å²) >= 11 is 6.26. The van der Waals surface area contributed by atoms with Gasteiger partial charge in [0.2, 0.25) is 0 Å². The first kappa shape index (κ1) is 13.5. The van der Waals surface area contributed by atoms with Gasteiger partial charge >= 0.3 is 0 Å². The fourth-order valence-electron chi connectivity index (χ4n) is 2.08. The first-order valence-corrected chi connectivity index (χ1v) is 6.77. The Morgan fingerprint density at radius 2 is 2.05 bits per heavy atom. The van der Waals surface area contributed by atoms with E-state index in [1.807, 2.05) is 24.3 Å². The monoisotopic (exact) mass is 300 g/mol. The van der Waals surface area contributed by atoms with Gasteiger partial charge in [0, 0.05) is 6.54 Å². The van der Waals surface area contributed by atoms with Crippen LogP contribution in [0.3, 0.4) is 0 Å². The quantitative estimate of drug-likeness (QED) is 0.776. The molecule has 0 spiro atoms. The second-order valence-electron chi connectivity index (χ2n) is 4.50. The van der Waals surface area contributed by atoms with Crippen LogP contribution in [-0.2, 0) is 6.54 Å². The summed E-state index contributed by atoms with van der Waals surface area (Å²) in [6, 6.07) is 12.7. The Balaban J connectivity index is 1.88. The molecule has 0 saturated carbocycles. The summed E-state index contributed by atoms with van der Waals surface area (Å²) in [5, 5.41) is 17.5. The van der Waals surface area contributed by atoms with E-state index in [4.69, 9.17) is 11.6 Å². The lowest BCUT2D eigenvalue weighted by Crippen LogP contribution is -2.05. The zero-order chi connectivity index (χ0) is 14.7. The van der Waals surface area contributed by atoms with E-state index in [1.54, 1.807) is 29.2 Å². The highest BCUT2D eigenvalue weighted by molar-refractivity contribution is 6.33. The molecule has 0 fully saturated rings. The van der Waals surface area contributed by atoms with Gasteiger partial charge in [0.15, 0.2) is 0 Å². The zero-order valence-corrected chi connectivity index (χ0v) is 11.8.